The summed E-state index contributed by atoms with van der Waals surface area (Å²) in [7, 11) is -1.90. The van der Waals surface area contributed by atoms with Gasteiger partial charge in [0.2, 0.25) is 0 Å². The fourth-order valence-corrected chi connectivity index (χ4v) is 3.84. The minimum absolute atomic E-state index is 0.352. The van der Waals surface area contributed by atoms with Gasteiger partial charge >= 0.3 is 0 Å². The topological polar surface area (TPSA) is 57.2 Å². The molecule has 0 radical (unpaired) electrons. The minimum atomic E-state index is -1.90. The summed E-state index contributed by atoms with van der Waals surface area (Å²) in [6.45, 7) is 12.5. The van der Waals surface area contributed by atoms with Gasteiger partial charge in [0, 0.05) is 0 Å². The molecule has 25 heavy (non-hydrogen) atoms. The number of hydrogen-bond donors (Lipinski definition) is 1. The highest BCUT2D eigenvalue weighted by Gasteiger charge is 2.47. The molecule has 1 heterocycles. The Morgan fingerprint density at radius 2 is 1.84 bits per heavy atom. The normalized spacial score (nSPS) is 30.2. The fraction of sp³-hybridized carbons (Fsp3) is 0.579. The van der Waals surface area contributed by atoms with Crippen molar-refractivity contribution < 1.29 is 23.7 Å². The van der Waals surface area contributed by atoms with E-state index in [1.165, 1.54) is 0 Å². The van der Waals surface area contributed by atoms with Crippen LogP contribution in [0.1, 0.15) is 12.5 Å². The average Bonchev–Trinajstić information content (AvgIpc) is 2.56. The molecule has 1 aliphatic heterocycles. The van der Waals surface area contributed by atoms with Gasteiger partial charge in [-0.1, -0.05) is 36.4 Å². The molecular weight excluding hydrogens is 336 g/mol. The van der Waals surface area contributed by atoms with E-state index >= 15 is 0 Å². The Labute approximate surface area is 151 Å². The summed E-state index contributed by atoms with van der Waals surface area (Å²) >= 11 is 0. The Kier molecular flexibility index (Phi) is 7.36. The molecule has 5 atom stereocenters. The zero-order chi connectivity index (χ0) is 18.4. The van der Waals surface area contributed by atoms with Crippen LogP contribution in [0.2, 0.25) is 19.6 Å². The number of rotatable bonds is 8. The monoisotopic (exact) mass is 366 g/mol. The van der Waals surface area contributed by atoms with Gasteiger partial charge in [-0.3, -0.25) is 0 Å². The summed E-state index contributed by atoms with van der Waals surface area (Å²) in [6, 6.07) is 9.89. The molecule has 0 aromatic heterocycles. The molecule has 2 rings (SSSR count). The van der Waals surface area contributed by atoms with Gasteiger partial charge in [-0.05, 0) is 32.1 Å². The lowest BCUT2D eigenvalue weighted by molar-refractivity contribution is -0.295. The van der Waals surface area contributed by atoms with Crippen LogP contribution >= 0.6 is 0 Å². The molecule has 1 aromatic rings. The summed E-state index contributed by atoms with van der Waals surface area (Å²) in [6.07, 6.45) is -1.12. The first-order valence-corrected chi connectivity index (χ1v) is 12.1. The summed E-state index contributed by atoms with van der Waals surface area (Å²) in [5.41, 5.74) is 1.05. The molecule has 0 bridgehead atoms. The Balaban J connectivity index is 2.17. The van der Waals surface area contributed by atoms with Gasteiger partial charge in [-0.15, -0.1) is 6.58 Å². The maximum Gasteiger partial charge on any atom is 0.185 e. The lowest BCUT2D eigenvalue weighted by Gasteiger charge is -2.45. The Morgan fingerprint density at radius 3 is 2.44 bits per heavy atom. The first-order valence-electron chi connectivity index (χ1n) is 8.71. The zero-order valence-corrected chi connectivity index (χ0v) is 16.6. The molecule has 0 saturated carbocycles. The second-order valence-electron chi connectivity index (χ2n) is 7.28. The number of ether oxygens (including phenoxy) is 3. The maximum atomic E-state index is 10.6. The molecule has 6 heteroatoms. The van der Waals surface area contributed by atoms with E-state index in [1.54, 1.807) is 6.08 Å². The summed E-state index contributed by atoms with van der Waals surface area (Å²) in [5.74, 6) is 0. The van der Waals surface area contributed by atoms with Gasteiger partial charge in [-0.2, -0.15) is 0 Å². The van der Waals surface area contributed by atoms with Crippen molar-refractivity contribution in [2.75, 3.05) is 6.61 Å². The van der Waals surface area contributed by atoms with Crippen molar-refractivity contribution in [3.63, 3.8) is 0 Å². The van der Waals surface area contributed by atoms with E-state index in [-0.39, 0.29) is 0 Å². The zero-order valence-electron chi connectivity index (χ0n) is 15.6. The molecule has 5 nitrogen and oxygen atoms in total. The van der Waals surface area contributed by atoms with Gasteiger partial charge in [0.1, 0.15) is 18.3 Å². The van der Waals surface area contributed by atoms with Crippen molar-refractivity contribution in [2.24, 2.45) is 0 Å². The molecule has 0 spiro atoms. The molecule has 1 saturated heterocycles. The molecular formula is C19H30O5Si. The van der Waals surface area contributed by atoms with E-state index in [0.717, 1.165) is 5.56 Å². The van der Waals surface area contributed by atoms with Crippen molar-refractivity contribution >= 4 is 8.32 Å². The van der Waals surface area contributed by atoms with Crippen LogP contribution in [0, 0.1) is 0 Å². The van der Waals surface area contributed by atoms with Gasteiger partial charge < -0.3 is 23.7 Å². The van der Waals surface area contributed by atoms with E-state index in [1.807, 2.05) is 37.3 Å². The highest BCUT2D eigenvalue weighted by atomic mass is 28.4. The van der Waals surface area contributed by atoms with Gasteiger partial charge in [0.05, 0.1) is 19.3 Å². The van der Waals surface area contributed by atoms with Gasteiger partial charge in [0.25, 0.3) is 0 Å². The highest BCUT2D eigenvalue weighted by molar-refractivity contribution is 6.69. The third kappa shape index (κ3) is 6.02. The largest absolute Gasteiger partial charge is 0.407 e. The van der Waals surface area contributed by atoms with Crippen molar-refractivity contribution in [3.05, 3.63) is 48.6 Å². The highest BCUT2D eigenvalue weighted by Crippen LogP contribution is 2.29. The van der Waals surface area contributed by atoms with E-state index in [0.29, 0.717) is 13.2 Å². The standard InChI is InChI=1S/C19H30O5Si/c1-6-12-21-19-18(24-25(3,4)5)17(16(20)14(2)23-19)22-13-15-10-8-7-9-11-15/h6-11,14,16-20H,1,12-13H2,2-5H3/t14?,16-,17?,18?,19-/m0/s1. The minimum Gasteiger partial charge on any atom is -0.407 e. The van der Waals surface area contributed by atoms with Crippen molar-refractivity contribution in [3.8, 4) is 0 Å². The van der Waals surface area contributed by atoms with Crippen LogP contribution in [0.5, 0.6) is 0 Å². The molecule has 140 valence electrons. The Bertz CT molecular complexity index is 530. The van der Waals surface area contributed by atoms with Gasteiger partial charge in [0.15, 0.2) is 14.6 Å². The van der Waals surface area contributed by atoms with Crippen LogP contribution in [0.25, 0.3) is 0 Å². The van der Waals surface area contributed by atoms with Crippen molar-refractivity contribution in [1.29, 1.82) is 0 Å². The van der Waals surface area contributed by atoms with Crippen LogP contribution in [0.3, 0.4) is 0 Å². The van der Waals surface area contributed by atoms with E-state index in [4.69, 9.17) is 18.6 Å². The Morgan fingerprint density at radius 1 is 1.16 bits per heavy atom. The molecule has 1 aromatic carbocycles. The van der Waals surface area contributed by atoms with Crippen molar-refractivity contribution in [2.45, 2.75) is 63.9 Å². The molecule has 1 N–H and O–H groups in total. The van der Waals surface area contributed by atoms with Crippen LogP contribution in [0.4, 0.5) is 0 Å². The summed E-state index contributed by atoms with van der Waals surface area (Å²) < 4.78 is 24.0. The second-order valence-corrected chi connectivity index (χ2v) is 11.7. The third-order valence-corrected chi connectivity index (χ3v) is 4.89. The number of benzene rings is 1. The molecule has 1 aliphatic rings. The van der Waals surface area contributed by atoms with Crippen molar-refractivity contribution in [1.82, 2.24) is 0 Å². The smallest absolute Gasteiger partial charge is 0.185 e. The van der Waals surface area contributed by atoms with E-state index in [9.17, 15) is 5.11 Å². The molecule has 3 unspecified atom stereocenters. The van der Waals surface area contributed by atoms with Crippen LogP contribution in [0.15, 0.2) is 43.0 Å². The van der Waals surface area contributed by atoms with Crippen LogP contribution < -0.4 is 0 Å². The fourth-order valence-electron chi connectivity index (χ4n) is 2.77. The predicted octanol–water partition coefficient (Wildman–Crippen LogP) is 3.10. The molecule has 0 aliphatic carbocycles. The number of aliphatic hydroxyl groups excluding tert-OH is 1. The SMILES string of the molecule is C=CCO[C@H]1OC(C)[C@H](O)C(OCc2ccccc2)C1O[Si](C)(C)C. The molecule has 1 fully saturated rings. The first-order chi connectivity index (χ1) is 11.8. The predicted molar refractivity (Wildman–Crippen MR) is 99.7 cm³/mol. The van der Waals surface area contributed by atoms with Crippen LogP contribution in [-0.2, 0) is 25.2 Å². The summed E-state index contributed by atoms with van der Waals surface area (Å²) in [4.78, 5) is 0. The maximum absolute atomic E-state index is 10.6. The first kappa shape index (κ1) is 20.3. The lowest BCUT2D eigenvalue weighted by atomic mass is 9.99. The van der Waals surface area contributed by atoms with Crippen LogP contribution in [-0.4, -0.2) is 50.7 Å². The van der Waals surface area contributed by atoms with E-state index in [2.05, 4.69) is 26.2 Å². The van der Waals surface area contributed by atoms with E-state index < -0.39 is 39.0 Å². The Hall–Kier alpha value is -1.02. The lowest BCUT2D eigenvalue weighted by Crippen LogP contribution is -2.61. The second kappa shape index (κ2) is 9.07. The average molecular weight is 367 g/mol. The summed E-state index contributed by atoms with van der Waals surface area (Å²) in [5, 5.41) is 10.6. The quantitative estimate of drug-likeness (QED) is 0.566. The number of hydrogen-bond acceptors (Lipinski definition) is 5. The van der Waals surface area contributed by atoms with Gasteiger partial charge in [-0.25, -0.2) is 0 Å². The number of aliphatic hydroxyl groups is 1. The third-order valence-electron chi connectivity index (χ3n) is 3.91. The molecule has 0 amide bonds.